The lowest BCUT2D eigenvalue weighted by atomic mass is 10.1. The van der Waals surface area contributed by atoms with E-state index in [1.54, 1.807) is 12.0 Å². The number of nitrogens with zero attached hydrogens (tertiary/aromatic N) is 2. The van der Waals surface area contributed by atoms with E-state index in [2.05, 4.69) is 0 Å². The van der Waals surface area contributed by atoms with Crippen LogP contribution in [0.2, 0.25) is 0 Å². The molecule has 32 heavy (non-hydrogen) atoms. The van der Waals surface area contributed by atoms with Gasteiger partial charge in [-0.25, -0.2) is 0 Å². The Labute approximate surface area is 192 Å². The summed E-state index contributed by atoms with van der Waals surface area (Å²) < 4.78 is 17.6. The average Bonchev–Trinajstić information content (AvgIpc) is 3.20. The minimum atomic E-state index is -0.307. The molecule has 0 N–H and O–H groups in total. The van der Waals surface area contributed by atoms with Crippen molar-refractivity contribution in [3.63, 3.8) is 0 Å². The van der Waals surface area contributed by atoms with E-state index in [0.717, 1.165) is 32.2 Å². The topological polar surface area (TPSA) is 68.3 Å². The van der Waals surface area contributed by atoms with Crippen molar-refractivity contribution in [1.29, 1.82) is 0 Å². The van der Waals surface area contributed by atoms with Crippen molar-refractivity contribution in [2.24, 2.45) is 0 Å². The number of hydrogen-bond acceptors (Lipinski definition) is 5. The fraction of sp³-hybridized carbons (Fsp3) is 0.680. The second-order valence-electron chi connectivity index (χ2n) is 8.61. The molecule has 2 atom stereocenters. The van der Waals surface area contributed by atoms with E-state index in [4.69, 9.17) is 14.2 Å². The normalized spacial score (nSPS) is 23.4. The largest absolute Gasteiger partial charge is 0.485 e. The van der Waals surface area contributed by atoms with Gasteiger partial charge >= 0.3 is 0 Å². The first-order valence-electron chi connectivity index (χ1n) is 12.1. The first-order chi connectivity index (χ1) is 15.6. The summed E-state index contributed by atoms with van der Waals surface area (Å²) in [4.78, 5) is 29.6. The van der Waals surface area contributed by atoms with Crippen LogP contribution < -0.4 is 4.74 Å². The Balaban J connectivity index is 1.80. The molecule has 1 saturated heterocycles. The van der Waals surface area contributed by atoms with E-state index in [9.17, 15) is 9.59 Å². The van der Waals surface area contributed by atoms with Gasteiger partial charge in [-0.15, -0.1) is 0 Å². The molecule has 7 heteroatoms. The van der Waals surface area contributed by atoms with Crippen LogP contribution in [0.4, 0.5) is 0 Å². The number of para-hydroxylation sites is 1. The third-order valence-electron chi connectivity index (χ3n) is 6.31. The molecule has 0 spiro atoms. The van der Waals surface area contributed by atoms with Crippen LogP contribution in [0, 0.1) is 0 Å². The summed E-state index contributed by atoms with van der Waals surface area (Å²) in [5.41, 5.74) is 0.573. The highest BCUT2D eigenvalue weighted by atomic mass is 16.5. The zero-order chi connectivity index (χ0) is 22.8. The van der Waals surface area contributed by atoms with Gasteiger partial charge in [-0.05, 0) is 31.9 Å². The van der Waals surface area contributed by atoms with E-state index in [1.807, 2.05) is 36.1 Å². The number of amides is 2. The molecule has 0 unspecified atom stereocenters. The predicted octanol–water partition coefficient (Wildman–Crippen LogP) is 3.51. The standard InChI is InChI=1S/C25H38N2O5/c1-3-26-15-10-6-4-5-7-11-16-31-22-18-27(24(28)14-17-30-2)19-23(22)32-21-13-9-8-12-20(21)25(26)29/h8-9,12-13,22-23H,3-7,10-11,14-19H2,1-2H3/t22-,23-/m1/s1. The van der Waals surface area contributed by atoms with E-state index in [-0.39, 0.29) is 24.0 Å². The Hall–Kier alpha value is -2.12. The van der Waals surface area contributed by atoms with Crippen molar-refractivity contribution in [2.75, 3.05) is 46.5 Å². The number of hydrogen-bond donors (Lipinski definition) is 0. The number of fused-ring (bicyclic) bond motifs is 2. The molecule has 0 saturated carbocycles. The van der Waals surface area contributed by atoms with Crippen LogP contribution in [-0.4, -0.2) is 80.3 Å². The Morgan fingerprint density at radius 2 is 1.78 bits per heavy atom. The maximum Gasteiger partial charge on any atom is 0.257 e. The summed E-state index contributed by atoms with van der Waals surface area (Å²) in [6, 6.07) is 7.43. The van der Waals surface area contributed by atoms with Crippen molar-refractivity contribution >= 4 is 11.8 Å². The number of carbonyl (C=O) groups is 2. The second kappa shape index (κ2) is 12.8. The van der Waals surface area contributed by atoms with Crippen LogP contribution in [0.5, 0.6) is 5.75 Å². The molecule has 2 aliphatic rings. The molecule has 7 nitrogen and oxygen atoms in total. The lowest BCUT2D eigenvalue weighted by Gasteiger charge is -2.25. The molecule has 178 valence electrons. The molecule has 1 fully saturated rings. The van der Waals surface area contributed by atoms with Gasteiger partial charge in [-0.2, -0.15) is 0 Å². The summed E-state index contributed by atoms with van der Waals surface area (Å²) in [6.07, 6.45) is 6.48. The van der Waals surface area contributed by atoms with Crippen molar-refractivity contribution in [2.45, 2.75) is 64.1 Å². The summed E-state index contributed by atoms with van der Waals surface area (Å²) in [5, 5.41) is 0. The zero-order valence-electron chi connectivity index (χ0n) is 19.6. The van der Waals surface area contributed by atoms with E-state index in [1.165, 1.54) is 12.8 Å². The van der Waals surface area contributed by atoms with Gasteiger partial charge < -0.3 is 24.0 Å². The summed E-state index contributed by atoms with van der Waals surface area (Å²) in [6.45, 7) is 5.47. The maximum absolute atomic E-state index is 13.3. The molecular formula is C25H38N2O5. The van der Waals surface area contributed by atoms with Crippen LogP contribution in [-0.2, 0) is 14.3 Å². The number of carbonyl (C=O) groups excluding carboxylic acids is 2. The molecule has 0 aliphatic carbocycles. The van der Waals surface area contributed by atoms with Crippen LogP contribution in [0.25, 0.3) is 0 Å². The zero-order valence-corrected chi connectivity index (χ0v) is 19.6. The second-order valence-corrected chi connectivity index (χ2v) is 8.61. The number of likely N-dealkylation sites (tertiary alicyclic amines) is 1. The molecule has 0 aromatic heterocycles. The molecule has 0 radical (unpaired) electrons. The van der Waals surface area contributed by atoms with Gasteiger partial charge in [0.25, 0.3) is 5.91 Å². The summed E-state index contributed by atoms with van der Waals surface area (Å²) >= 11 is 0. The fourth-order valence-corrected chi connectivity index (χ4v) is 4.40. The predicted molar refractivity (Wildman–Crippen MR) is 123 cm³/mol. The van der Waals surface area contributed by atoms with Gasteiger partial charge in [0.15, 0.2) is 0 Å². The number of ether oxygens (including phenoxy) is 3. The molecule has 1 aromatic carbocycles. The SMILES string of the molecule is CCN1CCCCCCCCO[C@@H]2CN(C(=O)CCOC)C[C@H]2Oc2ccccc2C1=O. The van der Waals surface area contributed by atoms with E-state index < -0.39 is 0 Å². The van der Waals surface area contributed by atoms with Gasteiger partial charge in [0.2, 0.25) is 5.91 Å². The van der Waals surface area contributed by atoms with Crippen molar-refractivity contribution in [3.8, 4) is 5.75 Å². The first kappa shape index (κ1) is 24.5. The summed E-state index contributed by atoms with van der Waals surface area (Å²) in [5.74, 6) is 0.602. The van der Waals surface area contributed by atoms with Gasteiger partial charge in [0.05, 0.1) is 31.7 Å². The van der Waals surface area contributed by atoms with Crippen molar-refractivity contribution in [3.05, 3.63) is 29.8 Å². The molecule has 2 aliphatic heterocycles. The van der Waals surface area contributed by atoms with Gasteiger partial charge in [0, 0.05) is 26.8 Å². The first-order valence-corrected chi connectivity index (χ1v) is 12.1. The molecule has 3 rings (SSSR count). The third-order valence-corrected chi connectivity index (χ3v) is 6.31. The molecule has 0 bridgehead atoms. The minimum absolute atomic E-state index is 0.00122. The van der Waals surface area contributed by atoms with E-state index in [0.29, 0.717) is 50.6 Å². The van der Waals surface area contributed by atoms with Crippen LogP contribution in [0.1, 0.15) is 62.2 Å². The fourth-order valence-electron chi connectivity index (χ4n) is 4.40. The monoisotopic (exact) mass is 446 g/mol. The highest BCUT2D eigenvalue weighted by Gasteiger charge is 2.38. The Kier molecular flexibility index (Phi) is 9.81. The quantitative estimate of drug-likeness (QED) is 0.708. The Morgan fingerprint density at radius 1 is 1.06 bits per heavy atom. The number of rotatable bonds is 4. The van der Waals surface area contributed by atoms with Crippen LogP contribution in [0.3, 0.4) is 0 Å². The minimum Gasteiger partial charge on any atom is -0.485 e. The molecule has 2 amide bonds. The molecule has 2 heterocycles. The third kappa shape index (κ3) is 6.69. The van der Waals surface area contributed by atoms with Gasteiger partial charge in [-0.1, -0.05) is 37.8 Å². The number of benzene rings is 1. The average molecular weight is 447 g/mol. The molecule has 1 aromatic rings. The van der Waals surface area contributed by atoms with Crippen LogP contribution in [0.15, 0.2) is 24.3 Å². The Bertz CT molecular complexity index is 741. The Morgan fingerprint density at radius 3 is 2.56 bits per heavy atom. The lowest BCUT2D eigenvalue weighted by molar-refractivity contribution is -0.131. The maximum atomic E-state index is 13.3. The number of methoxy groups -OCH3 is 1. The van der Waals surface area contributed by atoms with Crippen LogP contribution >= 0.6 is 0 Å². The smallest absolute Gasteiger partial charge is 0.257 e. The lowest BCUT2D eigenvalue weighted by Crippen LogP contribution is -2.35. The highest BCUT2D eigenvalue weighted by Crippen LogP contribution is 2.26. The van der Waals surface area contributed by atoms with E-state index >= 15 is 0 Å². The molecular weight excluding hydrogens is 408 g/mol. The van der Waals surface area contributed by atoms with Gasteiger partial charge in [-0.3, -0.25) is 9.59 Å². The van der Waals surface area contributed by atoms with Gasteiger partial charge in [0.1, 0.15) is 18.0 Å². The van der Waals surface area contributed by atoms with Crippen molar-refractivity contribution < 1.29 is 23.8 Å². The highest BCUT2D eigenvalue weighted by molar-refractivity contribution is 5.97. The van der Waals surface area contributed by atoms with Crippen molar-refractivity contribution in [1.82, 2.24) is 9.80 Å². The summed E-state index contributed by atoms with van der Waals surface area (Å²) in [7, 11) is 1.60.